The van der Waals surface area contributed by atoms with Gasteiger partial charge in [-0.15, -0.1) is 0 Å². The number of alkyl halides is 2. The van der Waals surface area contributed by atoms with Gasteiger partial charge in [0, 0.05) is 30.8 Å². The first-order valence-corrected chi connectivity index (χ1v) is 10.9. The van der Waals surface area contributed by atoms with E-state index in [4.69, 9.17) is 10.7 Å². The largest absolute Gasteiger partial charge is 0.396 e. The lowest BCUT2D eigenvalue weighted by Crippen LogP contribution is -2.36. The summed E-state index contributed by atoms with van der Waals surface area (Å²) in [6, 6.07) is 9.69. The molecule has 0 unspecified atom stereocenters. The number of pyridine rings is 1. The molecule has 0 saturated heterocycles. The number of unbranched alkanes of at least 4 members (excludes halogenated alkanes) is 2. The lowest BCUT2D eigenvalue weighted by Gasteiger charge is -2.28. The number of hydrogen-bond acceptors (Lipinski definition) is 6. The molecule has 174 valence electrons. The number of nitrogen functional groups attached to an aromatic ring is 1. The van der Waals surface area contributed by atoms with Crippen LogP contribution in [0.15, 0.2) is 78.5 Å². The van der Waals surface area contributed by atoms with Gasteiger partial charge >= 0.3 is 0 Å². The molecule has 0 saturated carbocycles. The Morgan fingerprint density at radius 3 is 2.73 bits per heavy atom. The fourth-order valence-corrected chi connectivity index (χ4v) is 3.39. The molecule has 8 heteroatoms. The van der Waals surface area contributed by atoms with Crippen LogP contribution in [-0.2, 0) is 5.92 Å². The van der Waals surface area contributed by atoms with Crippen LogP contribution in [0.2, 0.25) is 0 Å². The molecule has 2 aromatic rings. The number of benzene rings is 1. The Morgan fingerprint density at radius 2 is 2.03 bits per heavy atom. The Labute approximate surface area is 193 Å². The molecule has 1 aliphatic heterocycles. The quantitative estimate of drug-likeness (QED) is 0.439. The van der Waals surface area contributed by atoms with Crippen LogP contribution in [0.25, 0.3) is 11.3 Å². The number of nitrogens with one attached hydrogen (secondary N) is 2. The van der Waals surface area contributed by atoms with Crippen molar-refractivity contribution in [2.75, 3.05) is 17.2 Å². The molecule has 0 atom stereocenters. The molecule has 4 N–H and O–H groups in total. The molecule has 0 bridgehead atoms. The maximum absolute atomic E-state index is 13.9. The van der Waals surface area contributed by atoms with Gasteiger partial charge in [-0.2, -0.15) is 0 Å². The molecule has 0 amide bonds. The van der Waals surface area contributed by atoms with Crippen molar-refractivity contribution in [2.24, 2.45) is 4.99 Å². The van der Waals surface area contributed by atoms with Crippen LogP contribution in [0.4, 0.5) is 20.3 Å². The van der Waals surface area contributed by atoms with Gasteiger partial charge in [-0.1, -0.05) is 51.1 Å². The first kappa shape index (κ1) is 24.0. The normalized spacial score (nSPS) is 13.3. The lowest BCUT2D eigenvalue weighted by atomic mass is 10.0. The van der Waals surface area contributed by atoms with Gasteiger partial charge in [0.05, 0.1) is 11.4 Å². The third kappa shape index (κ3) is 6.19. The van der Waals surface area contributed by atoms with Gasteiger partial charge in [-0.05, 0) is 30.7 Å². The lowest BCUT2D eigenvalue weighted by molar-refractivity contribution is 0.0175. The second-order valence-corrected chi connectivity index (χ2v) is 7.93. The molecule has 1 aromatic heterocycles. The highest BCUT2D eigenvalue weighted by Crippen LogP contribution is 2.32. The number of halogens is 2. The predicted octanol–water partition coefficient (Wildman–Crippen LogP) is 5.49. The fourth-order valence-electron chi connectivity index (χ4n) is 3.39. The molecule has 1 aliphatic rings. The number of amidine groups is 1. The molecule has 6 nitrogen and oxygen atoms in total. The second-order valence-electron chi connectivity index (χ2n) is 7.93. The number of aromatic nitrogens is 1. The maximum atomic E-state index is 13.9. The second kappa shape index (κ2) is 10.3. The number of rotatable bonds is 9. The van der Waals surface area contributed by atoms with Crippen LogP contribution in [-0.4, -0.2) is 17.4 Å². The summed E-state index contributed by atoms with van der Waals surface area (Å²) in [6.45, 7) is 11.6. The van der Waals surface area contributed by atoms with E-state index in [0.29, 0.717) is 46.8 Å². The highest BCUT2D eigenvalue weighted by atomic mass is 19.3. The van der Waals surface area contributed by atoms with Crippen LogP contribution in [0, 0.1) is 0 Å². The van der Waals surface area contributed by atoms with Gasteiger partial charge in [0.15, 0.2) is 5.82 Å². The molecule has 2 heterocycles. The highest BCUT2D eigenvalue weighted by Gasteiger charge is 2.25. The van der Waals surface area contributed by atoms with Gasteiger partial charge in [-0.25, -0.2) is 18.8 Å². The van der Waals surface area contributed by atoms with Gasteiger partial charge < -0.3 is 21.3 Å². The summed E-state index contributed by atoms with van der Waals surface area (Å²) in [5.74, 6) is -0.791. The molecule has 0 aliphatic carbocycles. The molecule has 1 aromatic carbocycles. The van der Waals surface area contributed by atoms with E-state index in [1.165, 1.54) is 12.1 Å². The van der Waals surface area contributed by atoms with Crippen LogP contribution in [0.1, 0.15) is 38.7 Å². The Hall–Kier alpha value is -3.68. The predicted molar refractivity (Wildman–Crippen MR) is 132 cm³/mol. The van der Waals surface area contributed by atoms with E-state index in [0.717, 1.165) is 26.2 Å². The van der Waals surface area contributed by atoms with E-state index < -0.39 is 5.92 Å². The minimum atomic E-state index is -2.94. The summed E-state index contributed by atoms with van der Waals surface area (Å²) >= 11 is 0. The summed E-state index contributed by atoms with van der Waals surface area (Å²) in [5, 5.41) is 6.10. The van der Waals surface area contributed by atoms with Gasteiger partial charge in [-0.3, -0.25) is 0 Å². The van der Waals surface area contributed by atoms with Crippen LogP contribution < -0.4 is 21.3 Å². The van der Waals surface area contributed by atoms with Crippen LogP contribution in [0.5, 0.6) is 0 Å². The number of hydrogen-bond donors (Lipinski definition) is 3. The molecular formula is C25H30F2N6. The zero-order valence-corrected chi connectivity index (χ0v) is 19.0. The van der Waals surface area contributed by atoms with Crippen molar-refractivity contribution in [3.63, 3.8) is 0 Å². The molecule has 0 radical (unpaired) electrons. The van der Waals surface area contributed by atoms with E-state index in [1.807, 2.05) is 4.90 Å². The minimum Gasteiger partial charge on any atom is -0.396 e. The van der Waals surface area contributed by atoms with Crippen LogP contribution in [0.3, 0.4) is 0 Å². The Kier molecular flexibility index (Phi) is 7.48. The highest BCUT2D eigenvalue weighted by molar-refractivity contribution is 5.95. The average molecular weight is 453 g/mol. The zero-order valence-electron chi connectivity index (χ0n) is 19.0. The molecule has 0 fully saturated rings. The van der Waals surface area contributed by atoms with Crippen molar-refractivity contribution in [3.05, 3.63) is 79.0 Å². The summed E-state index contributed by atoms with van der Waals surface area (Å²) in [6.07, 6.45) is 6.48. The average Bonchev–Trinajstić information content (AvgIpc) is 2.77. The number of aliphatic imine (C=N–C) groups is 1. The monoisotopic (exact) mass is 452 g/mol. The Bertz CT molecular complexity index is 1080. The van der Waals surface area contributed by atoms with E-state index in [1.54, 1.807) is 36.5 Å². The van der Waals surface area contributed by atoms with Gasteiger partial charge in [0.2, 0.25) is 0 Å². The van der Waals surface area contributed by atoms with Gasteiger partial charge in [0.25, 0.3) is 5.92 Å². The van der Waals surface area contributed by atoms with E-state index in [2.05, 4.69) is 35.7 Å². The minimum absolute atomic E-state index is 0.0676. The summed E-state index contributed by atoms with van der Waals surface area (Å²) < 4.78 is 27.7. The van der Waals surface area contributed by atoms with Crippen molar-refractivity contribution in [2.45, 2.75) is 39.0 Å². The van der Waals surface area contributed by atoms with E-state index in [9.17, 15) is 8.78 Å². The number of anilines is 2. The molecule has 33 heavy (non-hydrogen) atoms. The smallest absolute Gasteiger partial charge is 0.270 e. The summed E-state index contributed by atoms with van der Waals surface area (Å²) in [5.41, 5.74) is 7.83. The zero-order chi connectivity index (χ0) is 24.0. The fraction of sp³-hybridized carbons (Fsp3) is 0.280. The first-order valence-electron chi connectivity index (χ1n) is 10.9. The topological polar surface area (TPSA) is 78.6 Å². The molecule has 3 rings (SSSR count). The first-order chi connectivity index (χ1) is 15.7. The van der Waals surface area contributed by atoms with E-state index in [-0.39, 0.29) is 5.56 Å². The standard InChI is InChI=1S/C25H30F2N6/c1-5-6-7-15-33(18(3)31-23-13-14-29-17(2)30-23)24-21(28)11-12-22(32-24)19-9-8-10-20(16-19)25(4,26)27/h8-14,16,29H,2-3,5-7,15,28H2,1,4H3,(H,30,31). The van der Waals surface area contributed by atoms with Crippen molar-refractivity contribution in [1.29, 1.82) is 0 Å². The summed E-state index contributed by atoms with van der Waals surface area (Å²) in [7, 11) is 0. The van der Waals surface area contributed by atoms with Crippen LogP contribution >= 0.6 is 0 Å². The van der Waals surface area contributed by atoms with Crippen molar-refractivity contribution in [3.8, 4) is 11.3 Å². The third-order valence-electron chi connectivity index (χ3n) is 5.16. The van der Waals surface area contributed by atoms with Crippen molar-refractivity contribution >= 4 is 17.3 Å². The molecule has 0 spiro atoms. The number of nitrogens with two attached hydrogens (primary N) is 1. The Balaban J connectivity index is 1.95. The SMILES string of the molecule is C=C1N=C(NC(=C)N(CCCCC)c2nc(-c3cccc(C(C)(F)F)c3)ccc2N)C=CN1. The van der Waals surface area contributed by atoms with E-state index >= 15 is 0 Å². The third-order valence-corrected chi connectivity index (χ3v) is 5.16. The van der Waals surface area contributed by atoms with Crippen molar-refractivity contribution in [1.82, 2.24) is 15.6 Å². The Morgan fingerprint density at radius 1 is 1.24 bits per heavy atom. The summed E-state index contributed by atoms with van der Waals surface area (Å²) in [4.78, 5) is 11.0. The maximum Gasteiger partial charge on any atom is 0.270 e. The molecular weight excluding hydrogens is 422 g/mol. The van der Waals surface area contributed by atoms with Gasteiger partial charge in [0.1, 0.15) is 17.5 Å². The van der Waals surface area contributed by atoms with Crippen molar-refractivity contribution < 1.29 is 8.78 Å². The number of nitrogens with zero attached hydrogens (tertiary/aromatic N) is 3.